The number of primary amides is 1. The van der Waals surface area contributed by atoms with Gasteiger partial charge in [-0.15, -0.1) is 0 Å². The number of aromatic nitrogens is 2. The first-order valence-electron chi connectivity index (χ1n) is 7.68. The highest BCUT2D eigenvalue weighted by atomic mass is 16.2. The summed E-state index contributed by atoms with van der Waals surface area (Å²) in [5, 5.41) is 4.47. The predicted molar refractivity (Wildman–Crippen MR) is 86.2 cm³/mol. The minimum Gasteiger partial charge on any atom is -0.369 e. The zero-order valence-electron chi connectivity index (χ0n) is 13.3. The van der Waals surface area contributed by atoms with Gasteiger partial charge in [0.2, 0.25) is 5.91 Å². The van der Waals surface area contributed by atoms with E-state index in [1.54, 1.807) is 15.6 Å². The van der Waals surface area contributed by atoms with Crippen LogP contribution in [0.2, 0.25) is 0 Å². The van der Waals surface area contributed by atoms with E-state index in [0.717, 1.165) is 17.1 Å². The Morgan fingerprint density at radius 1 is 1.26 bits per heavy atom. The molecule has 0 spiro atoms. The maximum Gasteiger partial charge on any atom is 0.256 e. The van der Waals surface area contributed by atoms with Crippen LogP contribution in [0, 0.1) is 19.8 Å². The molecule has 1 aromatic carbocycles. The van der Waals surface area contributed by atoms with E-state index in [4.69, 9.17) is 5.73 Å². The number of para-hydroxylation sites is 1. The smallest absolute Gasteiger partial charge is 0.256 e. The second kappa shape index (κ2) is 5.87. The van der Waals surface area contributed by atoms with Crippen molar-refractivity contribution in [2.24, 2.45) is 11.7 Å². The molecule has 3 rings (SSSR count). The van der Waals surface area contributed by atoms with E-state index in [1.807, 2.05) is 38.1 Å². The highest BCUT2D eigenvalue weighted by Crippen LogP contribution is 2.22. The molecule has 6 heteroatoms. The molecule has 0 bridgehead atoms. The van der Waals surface area contributed by atoms with E-state index < -0.39 is 0 Å². The second-order valence-corrected chi connectivity index (χ2v) is 6.00. The molecule has 2 amide bonds. The number of likely N-dealkylation sites (tertiary alicyclic amines) is 1. The second-order valence-electron chi connectivity index (χ2n) is 6.00. The molecule has 1 aromatic heterocycles. The van der Waals surface area contributed by atoms with Crippen LogP contribution in [0.5, 0.6) is 0 Å². The van der Waals surface area contributed by atoms with Gasteiger partial charge in [0.15, 0.2) is 0 Å². The lowest BCUT2D eigenvalue weighted by atomic mass is 10.1. The molecule has 1 aliphatic rings. The predicted octanol–water partition coefficient (Wildman–Crippen LogP) is 1.44. The number of carbonyl (C=O) groups is 2. The summed E-state index contributed by atoms with van der Waals surface area (Å²) in [5.41, 5.74) is 8.57. The summed E-state index contributed by atoms with van der Waals surface area (Å²) < 4.78 is 1.78. The Bertz CT molecular complexity index is 766. The summed E-state index contributed by atoms with van der Waals surface area (Å²) >= 11 is 0. The number of aryl methyl sites for hydroxylation is 2. The number of nitrogens with two attached hydrogens (primary N) is 1. The fourth-order valence-electron chi connectivity index (χ4n) is 3.06. The van der Waals surface area contributed by atoms with Crippen molar-refractivity contribution in [1.82, 2.24) is 14.7 Å². The van der Waals surface area contributed by atoms with Gasteiger partial charge in [0.05, 0.1) is 22.9 Å². The number of carbonyl (C=O) groups excluding carboxylic acids is 2. The van der Waals surface area contributed by atoms with Crippen molar-refractivity contribution in [1.29, 1.82) is 0 Å². The molecule has 1 aliphatic heterocycles. The van der Waals surface area contributed by atoms with Crippen LogP contribution >= 0.6 is 0 Å². The van der Waals surface area contributed by atoms with Crippen molar-refractivity contribution in [2.75, 3.05) is 13.1 Å². The van der Waals surface area contributed by atoms with Crippen molar-refractivity contribution in [3.63, 3.8) is 0 Å². The summed E-state index contributed by atoms with van der Waals surface area (Å²) in [4.78, 5) is 25.9. The van der Waals surface area contributed by atoms with Crippen molar-refractivity contribution in [2.45, 2.75) is 20.3 Å². The highest BCUT2D eigenvalue weighted by molar-refractivity contribution is 5.98. The maximum absolute atomic E-state index is 12.9. The Labute approximate surface area is 134 Å². The van der Waals surface area contributed by atoms with Crippen molar-refractivity contribution < 1.29 is 9.59 Å². The van der Waals surface area contributed by atoms with E-state index >= 15 is 0 Å². The number of amides is 2. The maximum atomic E-state index is 12.9. The first-order chi connectivity index (χ1) is 11.0. The molecule has 2 N–H and O–H groups in total. The number of rotatable bonds is 3. The SMILES string of the molecule is Cc1cc(C)n(-c2ccccc2C(=O)N2CC[C@@H](C(N)=O)C2)n1. The topological polar surface area (TPSA) is 81.2 Å². The molecular weight excluding hydrogens is 292 g/mol. The fraction of sp³-hybridized carbons (Fsp3) is 0.353. The normalized spacial score (nSPS) is 17.5. The van der Waals surface area contributed by atoms with Crippen LogP contribution in [0.15, 0.2) is 30.3 Å². The van der Waals surface area contributed by atoms with Gasteiger partial charge >= 0.3 is 0 Å². The Hall–Kier alpha value is -2.63. The van der Waals surface area contributed by atoms with Crippen LogP contribution in [0.4, 0.5) is 0 Å². The van der Waals surface area contributed by atoms with Gasteiger partial charge in [-0.05, 0) is 38.5 Å². The molecule has 0 aliphatic carbocycles. The van der Waals surface area contributed by atoms with E-state index in [1.165, 1.54) is 0 Å². The summed E-state index contributed by atoms with van der Waals surface area (Å²) in [7, 11) is 0. The molecule has 6 nitrogen and oxygen atoms in total. The summed E-state index contributed by atoms with van der Waals surface area (Å²) in [6, 6.07) is 9.38. The van der Waals surface area contributed by atoms with Crippen molar-refractivity contribution in [3.05, 3.63) is 47.3 Å². The van der Waals surface area contributed by atoms with Gasteiger partial charge in [-0.1, -0.05) is 12.1 Å². The summed E-state index contributed by atoms with van der Waals surface area (Å²) in [6.07, 6.45) is 0.628. The summed E-state index contributed by atoms with van der Waals surface area (Å²) in [5.74, 6) is -0.677. The average Bonchev–Trinajstić information content (AvgIpc) is 3.13. The third-order valence-electron chi connectivity index (χ3n) is 4.25. The van der Waals surface area contributed by atoms with Crippen LogP contribution in [0.3, 0.4) is 0 Å². The number of hydrogen-bond donors (Lipinski definition) is 1. The first-order valence-corrected chi connectivity index (χ1v) is 7.68. The van der Waals surface area contributed by atoms with Crippen LogP contribution in [-0.2, 0) is 4.79 Å². The number of nitrogens with zero attached hydrogens (tertiary/aromatic N) is 3. The highest BCUT2D eigenvalue weighted by Gasteiger charge is 2.31. The van der Waals surface area contributed by atoms with E-state index in [2.05, 4.69) is 5.10 Å². The average molecular weight is 312 g/mol. The van der Waals surface area contributed by atoms with Gasteiger partial charge in [0.1, 0.15) is 0 Å². The largest absolute Gasteiger partial charge is 0.369 e. The van der Waals surface area contributed by atoms with Crippen LogP contribution in [0.1, 0.15) is 28.2 Å². The van der Waals surface area contributed by atoms with Gasteiger partial charge in [-0.3, -0.25) is 9.59 Å². The molecule has 1 atom stereocenters. The van der Waals surface area contributed by atoms with Gasteiger partial charge in [0, 0.05) is 18.8 Å². The van der Waals surface area contributed by atoms with E-state index in [0.29, 0.717) is 25.1 Å². The van der Waals surface area contributed by atoms with Gasteiger partial charge < -0.3 is 10.6 Å². The standard InChI is InChI=1S/C17H20N4O2/c1-11-9-12(2)21(19-11)15-6-4-3-5-14(15)17(23)20-8-7-13(10-20)16(18)22/h3-6,9,13H,7-8,10H2,1-2H3,(H2,18,22)/t13-/m1/s1. The van der Waals surface area contributed by atoms with Crippen LogP contribution < -0.4 is 5.73 Å². The fourth-order valence-corrected chi connectivity index (χ4v) is 3.06. The molecule has 1 saturated heterocycles. The zero-order valence-corrected chi connectivity index (χ0v) is 13.3. The third-order valence-corrected chi connectivity index (χ3v) is 4.25. The van der Waals surface area contributed by atoms with Crippen LogP contribution in [-0.4, -0.2) is 39.6 Å². The molecule has 1 fully saturated rings. The van der Waals surface area contributed by atoms with E-state index in [-0.39, 0.29) is 17.7 Å². The molecule has 2 heterocycles. The number of benzene rings is 1. The number of hydrogen-bond acceptors (Lipinski definition) is 3. The monoisotopic (exact) mass is 312 g/mol. The van der Waals surface area contributed by atoms with Gasteiger partial charge in [0.25, 0.3) is 5.91 Å². The molecule has 120 valence electrons. The van der Waals surface area contributed by atoms with Gasteiger partial charge in [-0.25, -0.2) is 4.68 Å². The molecule has 0 unspecified atom stereocenters. The molecule has 23 heavy (non-hydrogen) atoms. The minimum absolute atomic E-state index is 0.0862. The van der Waals surface area contributed by atoms with Crippen LogP contribution in [0.25, 0.3) is 5.69 Å². The lowest BCUT2D eigenvalue weighted by Gasteiger charge is -2.18. The minimum atomic E-state index is -0.341. The quantitative estimate of drug-likeness (QED) is 0.931. The Morgan fingerprint density at radius 2 is 2.00 bits per heavy atom. The van der Waals surface area contributed by atoms with E-state index in [9.17, 15) is 9.59 Å². The lowest BCUT2D eigenvalue weighted by Crippen LogP contribution is -2.32. The first kappa shape index (κ1) is 15.3. The molecular formula is C17H20N4O2. The summed E-state index contributed by atoms with van der Waals surface area (Å²) in [6.45, 7) is 4.82. The Morgan fingerprint density at radius 3 is 2.61 bits per heavy atom. The Kier molecular flexibility index (Phi) is 3.90. The van der Waals surface area contributed by atoms with Gasteiger partial charge in [-0.2, -0.15) is 5.10 Å². The molecule has 2 aromatic rings. The Balaban J connectivity index is 1.93. The van der Waals surface area contributed by atoms with Crippen molar-refractivity contribution >= 4 is 11.8 Å². The zero-order chi connectivity index (χ0) is 16.6. The van der Waals surface area contributed by atoms with Crippen molar-refractivity contribution in [3.8, 4) is 5.69 Å². The molecule has 0 radical (unpaired) electrons. The molecule has 0 saturated carbocycles. The lowest BCUT2D eigenvalue weighted by molar-refractivity contribution is -0.121. The third kappa shape index (κ3) is 2.84.